The van der Waals surface area contributed by atoms with Crippen molar-refractivity contribution >= 4 is 0 Å². The number of hydrogen-bond acceptors (Lipinski definition) is 1. The van der Waals surface area contributed by atoms with Gasteiger partial charge in [0.1, 0.15) is 11.6 Å². The Kier molecular flexibility index (Phi) is 1.08. The molecule has 1 spiro atoms. The van der Waals surface area contributed by atoms with E-state index in [1.54, 1.807) is 0 Å². The lowest BCUT2D eigenvalue weighted by Gasteiger charge is -2.31. The molecule has 1 heterocycles. The van der Waals surface area contributed by atoms with Crippen LogP contribution in [0.25, 0.3) is 0 Å². The van der Waals surface area contributed by atoms with Crippen LogP contribution in [0.1, 0.15) is 17.3 Å². The van der Waals surface area contributed by atoms with Crippen LogP contribution in [0.15, 0.2) is 12.1 Å². The Balaban J connectivity index is 2.24. The zero-order valence-corrected chi connectivity index (χ0v) is 6.48. The van der Waals surface area contributed by atoms with Gasteiger partial charge in [-0.3, -0.25) is 0 Å². The minimum atomic E-state index is -1.37. The van der Waals surface area contributed by atoms with Crippen molar-refractivity contribution in [2.75, 3.05) is 6.61 Å². The molecule has 0 bridgehead atoms. The molecule has 4 heteroatoms. The number of halogens is 3. The molecule has 1 aliphatic heterocycles. The Labute approximate surface area is 72.1 Å². The van der Waals surface area contributed by atoms with Crippen molar-refractivity contribution in [3.8, 4) is 0 Å². The summed E-state index contributed by atoms with van der Waals surface area (Å²) in [6.07, 6.45) is -1.37. The summed E-state index contributed by atoms with van der Waals surface area (Å²) in [6, 6.07) is 1.78. The highest BCUT2D eigenvalue weighted by Gasteiger charge is 2.65. The quantitative estimate of drug-likeness (QED) is 0.566. The molecule has 0 aromatic heterocycles. The van der Waals surface area contributed by atoms with E-state index in [1.807, 2.05) is 0 Å². The molecule has 13 heavy (non-hydrogen) atoms. The number of benzene rings is 1. The average Bonchev–Trinajstić information content (AvgIpc) is 2.84. The molecule has 2 aliphatic rings. The normalized spacial score (nSPS) is 34.2. The molecule has 0 amide bonds. The van der Waals surface area contributed by atoms with Crippen molar-refractivity contribution < 1.29 is 17.9 Å². The van der Waals surface area contributed by atoms with E-state index in [0.29, 0.717) is 0 Å². The van der Waals surface area contributed by atoms with Crippen molar-refractivity contribution in [1.29, 1.82) is 0 Å². The van der Waals surface area contributed by atoms with Gasteiger partial charge in [0.05, 0.1) is 6.61 Å². The molecule has 68 valence electrons. The Morgan fingerprint density at radius 3 is 2.69 bits per heavy atom. The van der Waals surface area contributed by atoms with Gasteiger partial charge in [-0.25, -0.2) is 13.2 Å². The molecule has 1 aromatic rings. The highest BCUT2D eigenvalue weighted by Crippen LogP contribution is 2.62. The topological polar surface area (TPSA) is 12.5 Å². The van der Waals surface area contributed by atoms with E-state index in [1.165, 1.54) is 0 Å². The smallest absolute Gasteiger partial charge is 0.161 e. The molecule has 0 saturated carbocycles. The number of rotatable bonds is 0. The van der Waals surface area contributed by atoms with Crippen molar-refractivity contribution in [2.45, 2.75) is 11.8 Å². The van der Waals surface area contributed by atoms with E-state index in [4.69, 9.17) is 4.74 Å². The summed E-state index contributed by atoms with van der Waals surface area (Å²) in [5, 5.41) is 0. The number of epoxide rings is 1. The molecule has 2 unspecified atom stereocenters. The predicted molar refractivity (Wildman–Crippen MR) is 37.8 cm³/mol. The molecular formula is C9H5F3O. The van der Waals surface area contributed by atoms with E-state index in [-0.39, 0.29) is 17.7 Å². The van der Waals surface area contributed by atoms with Gasteiger partial charge in [0.15, 0.2) is 11.8 Å². The second-order valence-electron chi connectivity index (χ2n) is 3.39. The van der Waals surface area contributed by atoms with E-state index >= 15 is 0 Å². The Morgan fingerprint density at radius 2 is 2.08 bits per heavy atom. The van der Waals surface area contributed by atoms with Crippen LogP contribution in [0.2, 0.25) is 0 Å². The molecule has 1 aromatic carbocycles. The van der Waals surface area contributed by atoms with Crippen LogP contribution in [-0.2, 0) is 10.3 Å². The average molecular weight is 186 g/mol. The minimum Gasteiger partial charge on any atom is -0.361 e. The van der Waals surface area contributed by atoms with Crippen LogP contribution in [0.4, 0.5) is 13.2 Å². The van der Waals surface area contributed by atoms with Crippen LogP contribution >= 0.6 is 0 Å². The van der Waals surface area contributed by atoms with Crippen molar-refractivity contribution in [3.63, 3.8) is 0 Å². The van der Waals surface area contributed by atoms with Gasteiger partial charge in [0.25, 0.3) is 0 Å². The summed E-state index contributed by atoms with van der Waals surface area (Å²) in [6.45, 7) is 0.198. The van der Waals surface area contributed by atoms with Gasteiger partial charge in [0, 0.05) is 17.2 Å². The van der Waals surface area contributed by atoms with Crippen LogP contribution in [-0.4, -0.2) is 6.61 Å². The maximum absolute atomic E-state index is 13.3. The lowest BCUT2D eigenvalue weighted by atomic mass is 9.75. The first kappa shape index (κ1) is 7.38. The van der Waals surface area contributed by atoms with E-state index in [9.17, 15) is 13.2 Å². The number of alkyl halides is 1. The van der Waals surface area contributed by atoms with Crippen molar-refractivity contribution in [2.24, 2.45) is 0 Å². The van der Waals surface area contributed by atoms with Crippen LogP contribution in [0, 0.1) is 11.6 Å². The molecule has 3 rings (SSSR count). The van der Waals surface area contributed by atoms with Crippen molar-refractivity contribution in [3.05, 3.63) is 34.9 Å². The maximum atomic E-state index is 13.3. The largest absolute Gasteiger partial charge is 0.361 e. The highest BCUT2D eigenvalue weighted by atomic mass is 19.1. The third-order valence-electron chi connectivity index (χ3n) is 2.65. The zero-order chi connectivity index (χ0) is 9.22. The van der Waals surface area contributed by atoms with E-state index < -0.39 is 23.4 Å². The summed E-state index contributed by atoms with van der Waals surface area (Å²) >= 11 is 0. The Morgan fingerprint density at radius 1 is 1.38 bits per heavy atom. The first-order chi connectivity index (χ1) is 6.15. The van der Waals surface area contributed by atoms with Crippen LogP contribution in [0.5, 0.6) is 0 Å². The number of fused-ring (bicyclic) bond motifs is 2. The van der Waals surface area contributed by atoms with Crippen LogP contribution in [0.3, 0.4) is 0 Å². The van der Waals surface area contributed by atoms with Gasteiger partial charge in [-0.2, -0.15) is 0 Å². The number of hydrogen-bond donors (Lipinski definition) is 0. The summed E-state index contributed by atoms with van der Waals surface area (Å²) in [4.78, 5) is 0. The van der Waals surface area contributed by atoms with Gasteiger partial charge >= 0.3 is 0 Å². The third kappa shape index (κ3) is 0.682. The minimum absolute atomic E-state index is 0.0926. The third-order valence-corrected chi connectivity index (χ3v) is 2.65. The first-order valence-electron chi connectivity index (χ1n) is 3.92. The molecule has 1 nitrogen and oxygen atoms in total. The fourth-order valence-corrected chi connectivity index (χ4v) is 1.91. The summed E-state index contributed by atoms with van der Waals surface area (Å²) in [5.41, 5.74) is -0.774. The zero-order valence-electron chi connectivity index (χ0n) is 6.48. The summed E-state index contributed by atoms with van der Waals surface area (Å²) < 4.78 is 43.9. The summed E-state index contributed by atoms with van der Waals surface area (Å²) in [5.74, 6) is -1.45. The first-order valence-corrected chi connectivity index (χ1v) is 3.92. The predicted octanol–water partition coefficient (Wildman–Crippen LogP) is 2.21. The standard InChI is InChI=1S/C9H5F3O/c10-4-1-5-7(6(11)2-4)9(3-13-9)8(5)12/h1-2,8H,3H2. The van der Waals surface area contributed by atoms with Gasteiger partial charge in [-0.1, -0.05) is 0 Å². The second kappa shape index (κ2) is 1.90. The molecular weight excluding hydrogens is 181 g/mol. The Hall–Kier alpha value is -1.03. The van der Waals surface area contributed by atoms with Gasteiger partial charge in [-0.05, 0) is 6.07 Å². The molecule has 1 aliphatic carbocycles. The maximum Gasteiger partial charge on any atom is 0.161 e. The molecule has 0 N–H and O–H groups in total. The molecule has 2 atom stereocenters. The monoisotopic (exact) mass is 186 g/mol. The van der Waals surface area contributed by atoms with Crippen molar-refractivity contribution in [1.82, 2.24) is 0 Å². The fraction of sp³-hybridized carbons (Fsp3) is 0.333. The van der Waals surface area contributed by atoms with Gasteiger partial charge < -0.3 is 4.74 Å². The highest BCUT2D eigenvalue weighted by molar-refractivity contribution is 5.50. The molecule has 1 fully saturated rings. The second-order valence-corrected chi connectivity index (χ2v) is 3.39. The van der Waals surface area contributed by atoms with E-state index in [0.717, 1.165) is 12.1 Å². The lowest BCUT2D eigenvalue weighted by Crippen LogP contribution is -2.31. The van der Waals surface area contributed by atoms with E-state index in [2.05, 4.69) is 0 Å². The molecule has 0 radical (unpaired) electrons. The molecule has 1 saturated heterocycles. The fourth-order valence-electron chi connectivity index (χ4n) is 1.91. The number of ether oxygens (including phenoxy) is 1. The SMILES string of the molecule is Fc1cc(F)c2c(c1)C(F)C21CO1. The van der Waals surface area contributed by atoms with Gasteiger partial charge in [0.2, 0.25) is 0 Å². The van der Waals surface area contributed by atoms with Crippen LogP contribution < -0.4 is 0 Å². The lowest BCUT2D eigenvalue weighted by molar-refractivity contribution is 0.118. The Bertz CT molecular complexity index is 398. The van der Waals surface area contributed by atoms with Gasteiger partial charge in [-0.15, -0.1) is 0 Å². The summed E-state index contributed by atoms with van der Waals surface area (Å²) in [7, 11) is 0.